The third-order valence-electron chi connectivity index (χ3n) is 4.65. The summed E-state index contributed by atoms with van der Waals surface area (Å²) in [7, 11) is 0. The Bertz CT molecular complexity index is 498. The third kappa shape index (κ3) is 3.57. The second-order valence-corrected chi connectivity index (χ2v) is 8.89. The fourth-order valence-electron chi connectivity index (χ4n) is 3.19. The number of aromatic nitrogens is 2. The zero-order valence-corrected chi connectivity index (χ0v) is 14.0. The summed E-state index contributed by atoms with van der Waals surface area (Å²) in [5.41, 5.74) is 2.74. The van der Waals surface area contributed by atoms with E-state index in [-0.39, 0.29) is 0 Å². The van der Waals surface area contributed by atoms with Crippen molar-refractivity contribution in [2.45, 2.75) is 43.4 Å². The lowest BCUT2D eigenvalue weighted by atomic mass is 9.87. The van der Waals surface area contributed by atoms with Gasteiger partial charge in [-0.2, -0.15) is 11.8 Å². The zero-order chi connectivity index (χ0) is 14.1. The van der Waals surface area contributed by atoms with E-state index in [0.29, 0.717) is 5.25 Å². The van der Waals surface area contributed by atoms with E-state index in [1.807, 2.05) is 23.5 Å². The Kier molecular flexibility index (Phi) is 4.42. The van der Waals surface area contributed by atoms with E-state index in [1.165, 1.54) is 60.7 Å². The molecule has 1 N–H and O–H groups in total. The highest BCUT2D eigenvalue weighted by Crippen LogP contribution is 2.35. The van der Waals surface area contributed by atoms with Crippen molar-refractivity contribution < 1.29 is 0 Å². The van der Waals surface area contributed by atoms with Gasteiger partial charge in [0.15, 0.2) is 0 Å². The molecule has 3 nitrogen and oxygen atoms in total. The first kappa shape index (κ1) is 14.3. The van der Waals surface area contributed by atoms with Gasteiger partial charge in [0.2, 0.25) is 0 Å². The van der Waals surface area contributed by atoms with Crippen molar-refractivity contribution in [1.82, 2.24) is 15.3 Å². The summed E-state index contributed by atoms with van der Waals surface area (Å²) in [6.07, 6.45) is 8.49. The molecule has 0 aromatic carbocycles. The molecule has 114 valence electrons. The second-order valence-electron chi connectivity index (χ2n) is 6.43. The van der Waals surface area contributed by atoms with Crippen LogP contribution in [0.1, 0.15) is 41.6 Å². The number of fused-ring (bicyclic) bond motifs is 1. The maximum Gasteiger partial charge on any atom is 0.142 e. The first-order chi connectivity index (χ1) is 10.4. The van der Waals surface area contributed by atoms with Crippen LogP contribution in [0.4, 0.5) is 0 Å². The summed E-state index contributed by atoms with van der Waals surface area (Å²) < 4.78 is 0. The largest absolute Gasteiger partial charge is 0.314 e. The molecule has 1 aliphatic heterocycles. The van der Waals surface area contributed by atoms with E-state index in [1.54, 1.807) is 0 Å². The maximum atomic E-state index is 4.91. The van der Waals surface area contributed by atoms with Crippen molar-refractivity contribution in [1.29, 1.82) is 0 Å². The Morgan fingerprint density at radius 1 is 1.24 bits per heavy atom. The summed E-state index contributed by atoms with van der Waals surface area (Å²) in [5, 5.41) is 4.19. The lowest BCUT2D eigenvalue weighted by Gasteiger charge is -2.26. The molecule has 1 saturated heterocycles. The Labute approximate surface area is 135 Å². The minimum Gasteiger partial charge on any atom is -0.314 e. The summed E-state index contributed by atoms with van der Waals surface area (Å²) in [4.78, 5) is 9.61. The van der Waals surface area contributed by atoms with E-state index >= 15 is 0 Å². The van der Waals surface area contributed by atoms with Gasteiger partial charge in [-0.15, -0.1) is 11.8 Å². The van der Waals surface area contributed by atoms with Crippen LogP contribution in [0.3, 0.4) is 0 Å². The van der Waals surface area contributed by atoms with Crippen molar-refractivity contribution in [2.75, 3.05) is 23.8 Å². The molecule has 5 heteroatoms. The number of thioether (sulfide) groups is 2. The van der Waals surface area contributed by atoms with Crippen LogP contribution < -0.4 is 5.32 Å². The molecular weight excluding hydrogens is 298 g/mol. The fourth-order valence-corrected chi connectivity index (χ4v) is 5.79. The Balaban J connectivity index is 1.41. The van der Waals surface area contributed by atoms with Gasteiger partial charge in [-0.3, -0.25) is 0 Å². The summed E-state index contributed by atoms with van der Waals surface area (Å²) >= 11 is 4.07. The van der Waals surface area contributed by atoms with Gasteiger partial charge in [-0.05, 0) is 50.1 Å². The van der Waals surface area contributed by atoms with E-state index in [0.717, 1.165) is 24.2 Å². The quantitative estimate of drug-likeness (QED) is 0.923. The molecule has 2 aliphatic carbocycles. The molecule has 4 rings (SSSR count). The molecule has 3 aliphatic rings. The first-order valence-electron chi connectivity index (χ1n) is 8.16. The van der Waals surface area contributed by atoms with Gasteiger partial charge in [-0.1, -0.05) is 0 Å². The number of rotatable bonds is 4. The van der Waals surface area contributed by atoms with E-state index in [9.17, 15) is 0 Å². The SMILES string of the molecule is c1nc(C2CSCCS2)nc2c1CC(CNC1CC1)CC2. The average Bonchev–Trinajstić information content (AvgIpc) is 3.37. The highest BCUT2D eigenvalue weighted by Gasteiger charge is 2.26. The van der Waals surface area contributed by atoms with E-state index in [4.69, 9.17) is 9.97 Å². The van der Waals surface area contributed by atoms with E-state index in [2.05, 4.69) is 11.5 Å². The van der Waals surface area contributed by atoms with Crippen LogP contribution in [0.25, 0.3) is 0 Å². The van der Waals surface area contributed by atoms with Crippen LogP contribution in [0, 0.1) is 5.92 Å². The number of hydrogen-bond acceptors (Lipinski definition) is 5. The molecule has 2 unspecified atom stereocenters. The molecule has 21 heavy (non-hydrogen) atoms. The molecule has 2 fully saturated rings. The standard InChI is InChI=1S/C16H23N3S2/c1-4-14-12(7-11(1)8-17-13-2-3-13)9-18-16(19-14)15-10-20-5-6-21-15/h9,11,13,15,17H,1-8,10H2. The highest BCUT2D eigenvalue weighted by molar-refractivity contribution is 8.06. The van der Waals surface area contributed by atoms with Gasteiger partial charge >= 0.3 is 0 Å². The van der Waals surface area contributed by atoms with Crippen molar-refractivity contribution >= 4 is 23.5 Å². The molecular formula is C16H23N3S2. The molecule has 0 radical (unpaired) electrons. The molecule has 0 spiro atoms. The Hall–Kier alpha value is -0.260. The van der Waals surface area contributed by atoms with Gasteiger partial charge in [-0.25, -0.2) is 9.97 Å². The summed E-state index contributed by atoms with van der Waals surface area (Å²) in [6.45, 7) is 1.18. The fraction of sp³-hybridized carbons (Fsp3) is 0.750. The lowest BCUT2D eigenvalue weighted by Crippen LogP contribution is -2.29. The Morgan fingerprint density at radius 3 is 3.00 bits per heavy atom. The summed E-state index contributed by atoms with van der Waals surface area (Å²) in [5.74, 6) is 5.57. The number of nitrogens with zero attached hydrogens (tertiary/aromatic N) is 2. The average molecular weight is 322 g/mol. The molecule has 2 atom stereocenters. The highest BCUT2D eigenvalue weighted by atomic mass is 32.2. The normalized spacial score (nSPS) is 29.1. The Morgan fingerprint density at radius 2 is 2.19 bits per heavy atom. The van der Waals surface area contributed by atoms with Crippen LogP contribution in [0.5, 0.6) is 0 Å². The van der Waals surface area contributed by atoms with Crippen LogP contribution in [-0.4, -0.2) is 39.8 Å². The minimum absolute atomic E-state index is 0.517. The zero-order valence-electron chi connectivity index (χ0n) is 12.4. The molecule has 1 aromatic heterocycles. The molecule has 0 amide bonds. The van der Waals surface area contributed by atoms with Crippen LogP contribution in [0.2, 0.25) is 0 Å². The number of hydrogen-bond donors (Lipinski definition) is 1. The monoisotopic (exact) mass is 321 g/mol. The second kappa shape index (κ2) is 6.47. The van der Waals surface area contributed by atoms with Crippen LogP contribution >= 0.6 is 23.5 Å². The van der Waals surface area contributed by atoms with Crippen molar-refractivity contribution in [2.24, 2.45) is 5.92 Å². The predicted octanol–water partition coefficient (Wildman–Crippen LogP) is 2.85. The van der Waals surface area contributed by atoms with Crippen LogP contribution in [0.15, 0.2) is 6.20 Å². The minimum atomic E-state index is 0.517. The summed E-state index contributed by atoms with van der Waals surface area (Å²) in [6, 6.07) is 0.825. The smallest absolute Gasteiger partial charge is 0.142 e. The van der Waals surface area contributed by atoms with Gasteiger partial charge < -0.3 is 5.32 Å². The van der Waals surface area contributed by atoms with Crippen molar-refractivity contribution in [3.63, 3.8) is 0 Å². The van der Waals surface area contributed by atoms with Crippen LogP contribution in [-0.2, 0) is 12.8 Å². The van der Waals surface area contributed by atoms with Crippen molar-refractivity contribution in [3.8, 4) is 0 Å². The third-order valence-corrected chi connectivity index (χ3v) is 7.40. The topological polar surface area (TPSA) is 37.8 Å². The predicted molar refractivity (Wildman–Crippen MR) is 91.1 cm³/mol. The maximum absolute atomic E-state index is 4.91. The molecule has 1 saturated carbocycles. The van der Waals surface area contributed by atoms with Crippen molar-refractivity contribution in [3.05, 3.63) is 23.3 Å². The van der Waals surface area contributed by atoms with Gasteiger partial charge in [0.25, 0.3) is 0 Å². The number of aryl methyl sites for hydroxylation is 1. The molecule has 1 aromatic rings. The van der Waals surface area contributed by atoms with Gasteiger partial charge in [0.1, 0.15) is 5.82 Å². The van der Waals surface area contributed by atoms with E-state index < -0.39 is 0 Å². The van der Waals surface area contributed by atoms with Gasteiger partial charge in [0, 0.05) is 35.2 Å². The van der Waals surface area contributed by atoms with Gasteiger partial charge in [0.05, 0.1) is 5.25 Å². The first-order valence-corrected chi connectivity index (χ1v) is 10.4. The lowest BCUT2D eigenvalue weighted by molar-refractivity contribution is 0.417. The molecule has 0 bridgehead atoms. The molecule has 2 heterocycles. The number of nitrogens with one attached hydrogen (secondary N) is 1.